The summed E-state index contributed by atoms with van der Waals surface area (Å²) in [6, 6.07) is 52.0. The molecule has 2 fully saturated rings. The van der Waals surface area contributed by atoms with Crippen LogP contribution in [0.4, 0.5) is 9.59 Å². The minimum absolute atomic E-state index is 0.0126. The van der Waals surface area contributed by atoms with E-state index < -0.39 is 16.8 Å². The van der Waals surface area contributed by atoms with Crippen LogP contribution in [0.1, 0.15) is 70.9 Å². The second-order valence-electron chi connectivity index (χ2n) is 17.1. The molecule has 9 nitrogen and oxygen atoms in total. The van der Waals surface area contributed by atoms with Gasteiger partial charge in [0.1, 0.15) is 13.2 Å². The van der Waals surface area contributed by atoms with Crippen LogP contribution in [0.3, 0.4) is 0 Å². The van der Waals surface area contributed by atoms with Gasteiger partial charge in [-0.05, 0) is 92.9 Å². The van der Waals surface area contributed by atoms with Gasteiger partial charge in [0.2, 0.25) is 5.24 Å². The van der Waals surface area contributed by atoms with Gasteiger partial charge in [-0.3, -0.25) is 9.59 Å². The first-order valence-electron chi connectivity index (χ1n) is 21.9. The Balaban J connectivity index is 0.000000162. The topological polar surface area (TPSA) is 113 Å². The van der Waals surface area contributed by atoms with Gasteiger partial charge in [-0.1, -0.05) is 158 Å². The molecule has 2 amide bonds. The number of fused-ring (bicyclic) bond motifs is 6. The molecule has 0 bridgehead atoms. The van der Waals surface area contributed by atoms with Crippen molar-refractivity contribution in [1.29, 1.82) is 0 Å². The number of carboxylic acids is 1. The number of hydrogen-bond acceptors (Lipinski definition) is 6. The Bertz CT molecular complexity index is 2400. The lowest BCUT2D eigenvalue weighted by molar-refractivity contribution is -0.145. The molecule has 2 heterocycles. The smallest absolute Gasteiger partial charge is 0.409 e. The van der Waals surface area contributed by atoms with Gasteiger partial charge in [0, 0.05) is 38.0 Å². The van der Waals surface area contributed by atoms with Gasteiger partial charge in [-0.25, -0.2) is 9.59 Å². The van der Waals surface area contributed by atoms with Crippen molar-refractivity contribution in [3.63, 3.8) is 0 Å². The molecule has 0 atom stereocenters. The average molecular weight is 873 g/mol. The Hall–Kier alpha value is -6.71. The van der Waals surface area contributed by atoms with Crippen molar-refractivity contribution in [2.24, 2.45) is 0 Å². The summed E-state index contributed by atoms with van der Waals surface area (Å²) < 4.78 is 11.5. The molecule has 10 heteroatoms. The molecule has 2 saturated heterocycles. The van der Waals surface area contributed by atoms with Crippen LogP contribution in [0.15, 0.2) is 158 Å². The summed E-state index contributed by atoms with van der Waals surface area (Å²) >= 11 is 6.04. The van der Waals surface area contributed by atoms with E-state index in [4.69, 9.17) is 21.1 Å². The first kappa shape index (κ1) is 42.6. The molecule has 2 aliphatic carbocycles. The van der Waals surface area contributed by atoms with E-state index in [1.807, 2.05) is 109 Å². The Labute approximate surface area is 378 Å². The highest BCUT2D eigenvalue weighted by molar-refractivity contribution is 6.65. The van der Waals surface area contributed by atoms with Crippen molar-refractivity contribution in [2.45, 2.75) is 48.3 Å². The van der Waals surface area contributed by atoms with Crippen molar-refractivity contribution < 1.29 is 33.8 Å². The van der Waals surface area contributed by atoms with E-state index in [0.717, 1.165) is 11.1 Å². The molecule has 0 aromatic heterocycles. The molecule has 6 aromatic carbocycles. The summed E-state index contributed by atoms with van der Waals surface area (Å²) in [5.41, 5.74) is 9.52. The molecule has 0 spiro atoms. The normalized spacial score (nSPS) is 16.8. The predicted molar refractivity (Wildman–Crippen MR) is 246 cm³/mol. The molecule has 10 rings (SSSR count). The van der Waals surface area contributed by atoms with Crippen LogP contribution in [-0.4, -0.2) is 77.7 Å². The predicted octanol–water partition coefficient (Wildman–Crippen LogP) is 10.8. The number of carboxylic acid groups (broad SMARTS) is 1. The highest BCUT2D eigenvalue weighted by Crippen LogP contribution is 2.46. The maximum Gasteiger partial charge on any atom is 0.409 e. The lowest BCUT2D eigenvalue weighted by Crippen LogP contribution is -2.49. The van der Waals surface area contributed by atoms with Crippen LogP contribution in [0.2, 0.25) is 0 Å². The number of benzene rings is 6. The summed E-state index contributed by atoms with van der Waals surface area (Å²) in [5, 5.41) is 9.60. The van der Waals surface area contributed by atoms with Crippen LogP contribution in [0, 0.1) is 0 Å². The molecule has 324 valence electrons. The number of ether oxygens (including phenoxy) is 2. The summed E-state index contributed by atoms with van der Waals surface area (Å²) in [6.45, 7) is 2.15. The number of nitrogens with zero attached hydrogens (tertiary/aromatic N) is 2. The lowest BCUT2D eigenvalue weighted by Gasteiger charge is -2.39. The fraction of sp³-hybridized carbons (Fsp3) is 0.259. The molecule has 6 aromatic rings. The summed E-state index contributed by atoms with van der Waals surface area (Å²) in [5.74, 6) is -0.793. The SMILES string of the molecule is O=C(OCC1c2ccccc2-c2ccccc21)N1CCC(C(=O)Cl)(c2ccccc2)CC1.O=C(OCC1c2ccccc2-c2ccccc21)N1CCC(C(=O)O)(c2ccccc2)CC1. The van der Waals surface area contributed by atoms with Crippen molar-refractivity contribution in [1.82, 2.24) is 9.80 Å². The van der Waals surface area contributed by atoms with Crippen LogP contribution in [-0.2, 0) is 29.9 Å². The van der Waals surface area contributed by atoms with Crippen molar-refractivity contribution in [3.05, 3.63) is 191 Å². The largest absolute Gasteiger partial charge is 0.481 e. The minimum atomic E-state index is -0.957. The zero-order valence-corrected chi connectivity index (χ0v) is 36.2. The van der Waals surface area contributed by atoms with E-state index in [1.165, 1.54) is 44.5 Å². The van der Waals surface area contributed by atoms with Crippen LogP contribution in [0.25, 0.3) is 22.3 Å². The number of rotatable bonds is 8. The monoisotopic (exact) mass is 872 g/mol. The number of carbonyl (C=O) groups excluding carboxylic acids is 3. The number of halogens is 1. The third-order valence-corrected chi connectivity index (χ3v) is 14.2. The third-order valence-electron chi connectivity index (χ3n) is 13.9. The Morgan fingerprint density at radius 3 is 1.09 bits per heavy atom. The molecular weight excluding hydrogens is 824 g/mol. The van der Waals surface area contributed by atoms with Gasteiger partial charge in [-0.2, -0.15) is 0 Å². The fourth-order valence-electron chi connectivity index (χ4n) is 10.3. The number of amides is 2. The molecule has 0 unspecified atom stereocenters. The second-order valence-corrected chi connectivity index (χ2v) is 17.4. The zero-order chi connectivity index (χ0) is 44.3. The van der Waals surface area contributed by atoms with E-state index in [9.17, 15) is 24.3 Å². The Morgan fingerprint density at radius 2 is 0.766 bits per heavy atom. The second kappa shape index (κ2) is 18.2. The van der Waals surface area contributed by atoms with E-state index in [-0.39, 0.29) is 35.9 Å². The first-order valence-corrected chi connectivity index (χ1v) is 22.3. The molecule has 0 saturated carbocycles. The first-order chi connectivity index (χ1) is 31.2. The van der Waals surface area contributed by atoms with Gasteiger partial charge in [0.15, 0.2) is 0 Å². The van der Waals surface area contributed by atoms with Gasteiger partial charge in [0.25, 0.3) is 0 Å². The molecule has 1 N–H and O–H groups in total. The van der Waals surface area contributed by atoms with Gasteiger partial charge < -0.3 is 24.4 Å². The summed E-state index contributed by atoms with van der Waals surface area (Å²) in [6.07, 6.45) is 1.01. The Kier molecular flexibility index (Phi) is 12.1. The highest BCUT2D eigenvalue weighted by Gasteiger charge is 2.45. The molecule has 4 aliphatic rings. The van der Waals surface area contributed by atoms with Crippen molar-refractivity contribution >= 4 is 35.0 Å². The fourth-order valence-corrected chi connectivity index (χ4v) is 10.5. The quantitative estimate of drug-likeness (QED) is 0.152. The van der Waals surface area contributed by atoms with Gasteiger partial charge >= 0.3 is 18.2 Å². The molecular formula is C54H49ClN2O7. The lowest BCUT2D eigenvalue weighted by atomic mass is 9.73. The molecule has 0 radical (unpaired) electrons. The minimum Gasteiger partial charge on any atom is -0.481 e. The number of likely N-dealkylation sites (tertiary alicyclic amines) is 2. The maximum absolute atomic E-state index is 12.9. The standard InChI is InChI=1S/C27H24ClNO3.C27H25NO4/c28-25(30)27(19-8-2-1-3-9-19)14-16-29(17-15-27)26(31)32-18-24-22-12-6-4-10-20(22)21-11-5-7-13-23(21)24;29-25(30)27(19-8-2-1-3-9-19)14-16-28(17-15-27)26(31)32-18-24-22-12-6-4-10-20(22)21-11-5-7-13-23(21)24/h1-13,24H,14-18H2;1-13,24H,14-18H2,(H,29,30). The van der Waals surface area contributed by atoms with E-state index in [1.54, 1.807) is 9.80 Å². The van der Waals surface area contributed by atoms with Crippen molar-refractivity contribution in [3.8, 4) is 22.3 Å². The van der Waals surface area contributed by atoms with Crippen LogP contribution >= 0.6 is 11.6 Å². The van der Waals surface area contributed by atoms with Crippen molar-refractivity contribution in [2.75, 3.05) is 39.4 Å². The summed E-state index contributed by atoms with van der Waals surface area (Å²) in [4.78, 5) is 53.6. The maximum atomic E-state index is 12.9. The van der Waals surface area contributed by atoms with Crippen LogP contribution < -0.4 is 0 Å². The number of hydrogen-bond donors (Lipinski definition) is 1. The summed E-state index contributed by atoms with van der Waals surface area (Å²) in [7, 11) is 0. The number of carbonyl (C=O) groups is 4. The van der Waals surface area contributed by atoms with Gasteiger partial charge in [0.05, 0.1) is 10.8 Å². The average Bonchev–Trinajstić information content (AvgIpc) is 3.85. The molecule has 2 aliphatic heterocycles. The van der Waals surface area contributed by atoms with Gasteiger partial charge in [-0.15, -0.1) is 0 Å². The van der Waals surface area contributed by atoms with E-state index in [0.29, 0.717) is 58.5 Å². The Morgan fingerprint density at radius 1 is 0.469 bits per heavy atom. The van der Waals surface area contributed by atoms with E-state index in [2.05, 4.69) is 48.5 Å². The third kappa shape index (κ3) is 7.94. The van der Waals surface area contributed by atoms with E-state index >= 15 is 0 Å². The van der Waals surface area contributed by atoms with Crippen LogP contribution in [0.5, 0.6) is 0 Å². The zero-order valence-electron chi connectivity index (χ0n) is 35.4. The number of piperidine rings is 2. The highest BCUT2D eigenvalue weighted by atomic mass is 35.5. The molecule has 64 heavy (non-hydrogen) atoms. The number of aliphatic carboxylic acids is 1.